The molecule has 0 aliphatic rings. The molecule has 11 heteroatoms. The lowest BCUT2D eigenvalue weighted by molar-refractivity contribution is -0.132. The maximum Gasteiger partial charge on any atom is 0.308 e. The number of carbonyl (C=O) groups excluding carboxylic acids is 3. The van der Waals surface area contributed by atoms with E-state index in [0.717, 1.165) is 27.3 Å². The first-order chi connectivity index (χ1) is 28.1. The third-order valence-electron chi connectivity index (χ3n) is 8.15. The monoisotopic (exact) mass is 810 g/mol. The number of thiophene rings is 2. The number of hydrogen-bond donors (Lipinski definition) is 0. The summed E-state index contributed by atoms with van der Waals surface area (Å²) in [5, 5.41) is 9.85. The lowest BCUT2D eigenvalue weighted by atomic mass is 10.2. The van der Waals surface area contributed by atoms with Crippen molar-refractivity contribution < 1.29 is 41.8 Å². The molecule has 0 saturated carbocycles. The van der Waals surface area contributed by atoms with Gasteiger partial charge in [-0.25, -0.2) is 0 Å². The van der Waals surface area contributed by atoms with Gasteiger partial charge in [-0.1, -0.05) is 42.5 Å². The zero-order valence-corrected chi connectivity index (χ0v) is 33.6. The minimum atomic E-state index is -0.344. The molecule has 10 aromatic rings. The Balaban J connectivity index is 0.000000123. The molecule has 10 rings (SSSR count). The van der Waals surface area contributed by atoms with Crippen LogP contribution in [0.15, 0.2) is 170 Å². The topological polar surface area (TPSA) is 118 Å². The van der Waals surface area contributed by atoms with Crippen LogP contribution >= 0.6 is 22.7 Å². The van der Waals surface area contributed by atoms with E-state index in [1.54, 1.807) is 77.9 Å². The number of esters is 3. The number of benzene rings is 5. The van der Waals surface area contributed by atoms with Crippen LogP contribution in [0.2, 0.25) is 0 Å². The molecule has 0 spiro atoms. The Hall–Kier alpha value is -6.95. The zero-order chi connectivity index (χ0) is 40.9. The van der Waals surface area contributed by atoms with Crippen LogP contribution < -0.4 is 14.2 Å². The minimum absolute atomic E-state index is 0.317. The van der Waals surface area contributed by atoms with E-state index in [9.17, 15) is 14.4 Å². The molecule has 5 aromatic heterocycles. The number of para-hydroxylation sites is 1. The molecular formula is C47H38O9S2. The van der Waals surface area contributed by atoms with E-state index in [1.807, 2.05) is 36.4 Å². The molecule has 58 heavy (non-hydrogen) atoms. The normalized spacial score (nSPS) is 10.3. The third kappa shape index (κ3) is 11.3. The van der Waals surface area contributed by atoms with E-state index in [-0.39, 0.29) is 17.9 Å². The van der Waals surface area contributed by atoms with Gasteiger partial charge in [-0.05, 0) is 113 Å². The van der Waals surface area contributed by atoms with Crippen molar-refractivity contribution in [2.24, 2.45) is 0 Å². The van der Waals surface area contributed by atoms with Gasteiger partial charge >= 0.3 is 17.9 Å². The van der Waals surface area contributed by atoms with Gasteiger partial charge in [0.25, 0.3) is 0 Å². The lowest BCUT2D eigenvalue weighted by Crippen LogP contribution is -2.01. The Morgan fingerprint density at radius 3 is 1.84 bits per heavy atom. The molecular weight excluding hydrogens is 773 g/mol. The second-order valence-electron chi connectivity index (χ2n) is 12.5. The Labute approximate surface area is 341 Å². The summed E-state index contributed by atoms with van der Waals surface area (Å²) >= 11 is 3.59. The van der Waals surface area contributed by atoms with Crippen molar-refractivity contribution in [1.29, 1.82) is 0 Å². The summed E-state index contributed by atoms with van der Waals surface area (Å²) in [4.78, 5) is 32.0. The standard InChI is InChI=1S/3C10H8O3.C9H8S.C8H6S/c1-7(11)13-9-2-3-10-8(6-9)4-5-12-10;1-7(11)13-9-3-2-8-4-5-12-10(8)6-9;1-7(11)13-9-4-2-3-8-5-6-12-10(8)9;1-7-3-2-4-9-8(7)5-6-10-9;1-2-4-8-7(3-1)5-6-9-8/h3*2-6H,1H3;2-6H,1H3;1-6H. The number of hydrogen-bond acceptors (Lipinski definition) is 11. The summed E-state index contributed by atoms with van der Waals surface area (Å²) in [6.07, 6.45) is 4.77. The molecule has 5 aromatic carbocycles. The predicted molar refractivity (Wildman–Crippen MR) is 231 cm³/mol. The summed E-state index contributed by atoms with van der Waals surface area (Å²) < 4.78 is 33.0. The molecule has 0 amide bonds. The molecule has 0 atom stereocenters. The summed E-state index contributed by atoms with van der Waals surface area (Å²) in [6, 6.07) is 40.5. The number of carbonyl (C=O) groups is 3. The number of rotatable bonds is 3. The lowest BCUT2D eigenvalue weighted by Gasteiger charge is -2.00. The number of aryl methyl sites for hydroxylation is 1. The second-order valence-corrected chi connectivity index (χ2v) is 14.4. The van der Waals surface area contributed by atoms with Gasteiger partial charge in [0.15, 0.2) is 11.3 Å². The highest BCUT2D eigenvalue weighted by Crippen LogP contribution is 2.27. The van der Waals surface area contributed by atoms with Crippen molar-refractivity contribution in [2.45, 2.75) is 27.7 Å². The quantitative estimate of drug-likeness (QED) is 0.127. The molecule has 0 radical (unpaired) electrons. The summed E-state index contributed by atoms with van der Waals surface area (Å²) in [5.41, 5.74) is 3.49. The van der Waals surface area contributed by atoms with Crippen LogP contribution in [0.25, 0.3) is 53.1 Å². The van der Waals surface area contributed by atoms with Crippen molar-refractivity contribution >= 4 is 93.7 Å². The van der Waals surface area contributed by atoms with Crippen LogP contribution in [-0.2, 0) is 14.4 Å². The van der Waals surface area contributed by atoms with Crippen molar-refractivity contribution in [3.63, 3.8) is 0 Å². The molecule has 0 unspecified atom stereocenters. The molecule has 9 nitrogen and oxygen atoms in total. The second kappa shape index (κ2) is 19.8. The molecule has 0 bridgehead atoms. The van der Waals surface area contributed by atoms with Crippen LogP contribution in [0.1, 0.15) is 26.3 Å². The van der Waals surface area contributed by atoms with E-state index in [0.29, 0.717) is 22.8 Å². The van der Waals surface area contributed by atoms with Crippen LogP contribution in [0.5, 0.6) is 17.2 Å². The number of furan rings is 3. The highest BCUT2D eigenvalue weighted by atomic mass is 32.1. The highest BCUT2D eigenvalue weighted by molar-refractivity contribution is 7.17. The van der Waals surface area contributed by atoms with Gasteiger partial charge in [0.05, 0.1) is 18.8 Å². The largest absolute Gasteiger partial charge is 0.464 e. The van der Waals surface area contributed by atoms with E-state index < -0.39 is 0 Å². The third-order valence-corrected chi connectivity index (χ3v) is 9.93. The van der Waals surface area contributed by atoms with Gasteiger partial charge < -0.3 is 27.5 Å². The molecule has 0 N–H and O–H groups in total. The maximum absolute atomic E-state index is 10.7. The fourth-order valence-corrected chi connectivity index (χ4v) is 7.25. The molecule has 0 aliphatic heterocycles. The smallest absolute Gasteiger partial charge is 0.308 e. The maximum atomic E-state index is 10.7. The van der Waals surface area contributed by atoms with Gasteiger partial charge in [-0.3, -0.25) is 14.4 Å². The fraction of sp³-hybridized carbons (Fsp3) is 0.0851. The number of ether oxygens (including phenoxy) is 3. The van der Waals surface area contributed by atoms with Crippen LogP contribution in [0.3, 0.4) is 0 Å². The van der Waals surface area contributed by atoms with Gasteiger partial charge in [-0.15, -0.1) is 22.7 Å². The summed E-state index contributed by atoms with van der Waals surface area (Å²) in [6.45, 7) is 6.25. The molecule has 5 heterocycles. The van der Waals surface area contributed by atoms with Gasteiger partial charge in [0.2, 0.25) is 0 Å². The average Bonchev–Trinajstić information content (AvgIpc) is 4.05. The van der Waals surface area contributed by atoms with Crippen molar-refractivity contribution in [1.82, 2.24) is 0 Å². The first-order valence-electron chi connectivity index (χ1n) is 17.9. The summed E-state index contributed by atoms with van der Waals surface area (Å²) in [5.74, 6) is 0.531. The SMILES string of the molecule is CC(=O)Oc1ccc2ccoc2c1.CC(=O)Oc1ccc2occc2c1.CC(=O)Oc1cccc2ccoc12.Cc1cccc2sccc12.c1ccc2sccc2c1. The van der Waals surface area contributed by atoms with Crippen LogP contribution in [-0.4, -0.2) is 17.9 Å². The fourth-order valence-electron chi connectivity index (χ4n) is 5.59. The van der Waals surface area contributed by atoms with Crippen molar-refractivity contribution in [3.8, 4) is 17.2 Å². The van der Waals surface area contributed by atoms with E-state index in [1.165, 1.54) is 46.5 Å². The van der Waals surface area contributed by atoms with Gasteiger partial charge in [-0.2, -0.15) is 0 Å². The zero-order valence-electron chi connectivity index (χ0n) is 32.0. The van der Waals surface area contributed by atoms with Crippen LogP contribution in [0, 0.1) is 6.92 Å². The van der Waals surface area contributed by atoms with E-state index in [4.69, 9.17) is 27.5 Å². The Bertz CT molecular complexity index is 2790. The molecule has 292 valence electrons. The Morgan fingerprint density at radius 2 is 1.09 bits per heavy atom. The van der Waals surface area contributed by atoms with Gasteiger partial charge in [0.1, 0.15) is 22.7 Å². The predicted octanol–water partition coefficient (Wildman–Crippen LogP) is 13.2. The summed E-state index contributed by atoms with van der Waals surface area (Å²) in [7, 11) is 0. The Kier molecular flexibility index (Phi) is 13.9. The molecule has 0 fully saturated rings. The van der Waals surface area contributed by atoms with E-state index >= 15 is 0 Å². The first-order valence-corrected chi connectivity index (χ1v) is 19.7. The van der Waals surface area contributed by atoms with Crippen molar-refractivity contribution in [3.05, 3.63) is 163 Å². The van der Waals surface area contributed by atoms with E-state index in [2.05, 4.69) is 72.3 Å². The molecule has 0 saturated heterocycles. The van der Waals surface area contributed by atoms with Crippen molar-refractivity contribution in [2.75, 3.05) is 0 Å². The Morgan fingerprint density at radius 1 is 0.483 bits per heavy atom. The van der Waals surface area contributed by atoms with Crippen LogP contribution in [0.4, 0.5) is 0 Å². The highest BCUT2D eigenvalue weighted by Gasteiger charge is 2.06. The first kappa shape index (κ1) is 40.7. The molecule has 0 aliphatic carbocycles. The average molecular weight is 811 g/mol. The number of fused-ring (bicyclic) bond motifs is 5. The minimum Gasteiger partial charge on any atom is -0.464 e. The van der Waals surface area contributed by atoms with Gasteiger partial charge in [0, 0.05) is 52.4 Å².